The average Bonchev–Trinajstić information content (AvgIpc) is 3.04. The summed E-state index contributed by atoms with van der Waals surface area (Å²) in [5, 5.41) is 0. The van der Waals surface area contributed by atoms with Crippen LogP contribution in [-0.2, 0) is 9.47 Å². The van der Waals surface area contributed by atoms with Crippen molar-refractivity contribution in [3.63, 3.8) is 0 Å². The number of hydrogen-bond donors (Lipinski definition) is 0. The molecule has 126 valence electrons. The first kappa shape index (κ1) is 16.7. The molecule has 0 radical (unpaired) electrons. The summed E-state index contributed by atoms with van der Waals surface area (Å²) < 4.78 is 12.0. The van der Waals surface area contributed by atoms with E-state index >= 15 is 0 Å². The van der Waals surface area contributed by atoms with Gasteiger partial charge in [-0.25, -0.2) is 0 Å². The molecule has 3 aliphatic heterocycles. The van der Waals surface area contributed by atoms with Crippen LogP contribution in [-0.4, -0.2) is 42.8 Å². The Balaban J connectivity index is 0.00000156. The van der Waals surface area contributed by atoms with Crippen LogP contribution in [0.15, 0.2) is 35.3 Å². The number of ether oxygens (including phenoxy) is 2. The van der Waals surface area contributed by atoms with Crippen LogP contribution >= 0.6 is 12.4 Å². The third-order valence-corrected chi connectivity index (χ3v) is 5.05. The fraction of sp³-hybridized carbons (Fsp3) is 0.611. The van der Waals surface area contributed by atoms with Gasteiger partial charge >= 0.3 is 0 Å². The molecule has 2 saturated heterocycles. The van der Waals surface area contributed by atoms with Crippen LogP contribution in [0.1, 0.15) is 43.7 Å². The maximum Gasteiger partial charge on any atom is 0.172 e. The molecular formula is C18H25ClN2O2. The van der Waals surface area contributed by atoms with Crippen LogP contribution in [0.25, 0.3) is 0 Å². The highest BCUT2D eigenvalue weighted by molar-refractivity contribution is 5.85. The van der Waals surface area contributed by atoms with Crippen molar-refractivity contribution in [3.05, 3.63) is 35.9 Å². The van der Waals surface area contributed by atoms with Crippen molar-refractivity contribution in [2.75, 3.05) is 26.3 Å². The number of aliphatic imine (C=N–C) groups is 1. The zero-order valence-corrected chi connectivity index (χ0v) is 14.3. The highest BCUT2D eigenvalue weighted by atomic mass is 35.5. The van der Waals surface area contributed by atoms with E-state index in [1.165, 1.54) is 24.2 Å². The lowest BCUT2D eigenvalue weighted by Gasteiger charge is -2.45. The van der Waals surface area contributed by atoms with E-state index in [0.29, 0.717) is 6.04 Å². The van der Waals surface area contributed by atoms with Crippen LogP contribution in [0, 0.1) is 0 Å². The minimum Gasteiger partial charge on any atom is -0.353 e. The predicted molar refractivity (Wildman–Crippen MR) is 93.2 cm³/mol. The molecule has 3 aliphatic rings. The number of amidine groups is 1. The quantitative estimate of drug-likeness (QED) is 0.786. The van der Waals surface area contributed by atoms with Crippen molar-refractivity contribution in [1.82, 2.24) is 4.90 Å². The largest absolute Gasteiger partial charge is 0.353 e. The Morgan fingerprint density at radius 1 is 1.09 bits per heavy atom. The maximum atomic E-state index is 5.98. The Morgan fingerprint density at radius 3 is 2.57 bits per heavy atom. The molecule has 23 heavy (non-hydrogen) atoms. The van der Waals surface area contributed by atoms with Crippen molar-refractivity contribution < 1.29 is 9.47 Å². The number of nitrogens with zero attached hydrogens (tertiary/aromatic N) is 2. The van der Waals surface area contributed by atoms with Gasteiger partial charge < -0.3 is 14.4 Å². The molecular weight excluding hydrogens is 312 g/mol. The van der Waals surface area contributed by atoms with Gasteiger partial charge in [-0.05, 0) is 18.4 Å². The number of likely N-dealkylation sites (tertiary alicyclic amines) is 1. The van der Waals surface area contributed by atoms with E-state index in [0.717, 1.165) is 45.6 Å². The van der Waals surface area contributed by atoms with Gasteiger partial charge in [-0.2, -0.15) is 0 Å². The summed E-state index contributed by atoms with van der Waals surface area (Å²) in [5.41, 5.74) is 1.34. The maximum absolute atomic E-state index is 5.98. The summed E-state index contributed by atoms with van der Waals surface area (Å²) in [7, 11) is 0. The van der Waals surface area contributed by atoms with Crippen LogP contribution < -0.4 is 0 Å². The number of piperidine rings is 1. The summed E-state index contributed by atoms with van der Waals surface area (Å²) in [4.78, 5) is 7.31. The fourth-order valence-corrected chi connectivity index (χ4v) is 3.91. The lowest BCUT2D eigenvalue weighted by Crippen LogP contribution is -2.49. The first-order chi connectivity index (χ1) is 10.9. The summed E-state index contributed by atoms with van der Waals surface area (Å²) in [6, 6.07) is 11.1. The molecule has 5 heteroatoms. The van der Waals surface area contributed by atoms with E-state index in [1.807, 2.05) is 0 Å². The normalized spacial score (nSPS) is 26.7. The molecule has 3 heterocycles. The van der Waals surface area contributed by atoms with E-state index in [9.17, 15) is 0 Å². The standard InChI is InChI=1S/C18H24N2O2.ClH/c1-2-6-15(7-3-1)16-14-18(21-12-13-22-18)9-11-20(16)17-8-4-5-10-19-17;/h1-3,6-7,16H,4-5,8-14H2;1H. The van der Waals surface area contributed by atoms with Crippen molar-refractivity contribution in [3.8, 4) is 0 Å². The first-order valence-corrected chi connectivity index (χ1v) is 8.49. The van der Waals surface area contributed by atoms with Gasteiger partial charge in [0.25, 0.3) is 0 Å². The van der Waals surface area contributed by atoms with Gasteiger partial charge in [-0.3, -0.25) is 4.99 Å². The predicted octanol–water partition coefficient (Wildman–Crippen LogP) is 3.57. The molecule has 1 aromatic rings. The summed E-state index contributed by atoms with van der Waals surface area (Å²) in [6.45, 7) is 3.40. The number of hydrogen-bond acceptors (Lipinski definition) is 4. The summed E-state index contributed by atoms with van der Waals surface area (Å²) in [6.07, 6.45) is 5.43. The van der Waals surface area contributed by atoms with E-state index in [2.05, 4.69) is 35.2 Å². The third kappa shape index (κ3) is 3.39. The fourth-order valence-electron chi connectivity index (χ4n) is 3.91. The van der Waals surface area contributed by atoms with Gasteiger partial charge in [-0.15, -0.1) is 12.4 Å². The third-order valence-electron chi connectivity index (χ3n) is 5.05. The molecule has 0 amide bonds. The molecule has 1 aromatic carbocycles. The smallest absolute Gasteiger partial charge is 0.172 e. The van der Waals surface area contributed by atoms with Crippen molar-refractivity contribution in [1.29, 1.82) is 0 Å². The number of rotatable bonds is 1. The Labute approximate surface area is 144 Å². The summed E-state index contributed by atoms with van der Waals surface area (Å²) >= 11 is 0. The Morgan fingerprint density at radius 2 is 1.87 bits per heavy atom. The van der Waals surface area contributed by atoms with E-state index in [-0.39, 0.29) is 18.2 Å². The minimum atomic E-state index is -0.369. The molecule has 0 N–H and O–H groups in total. The average molecular weight is 337 g/mol. The zero-order chi connectivity index (χ0) is 14.8. The van der Waals surface area contributed by atoms with Gasteiger partial charge in [0, 0.05) is 32.4 Å². The Bertz CT molecular complexity index is 543. The molecule has 0 saturated carbocycles. The van der Waals surface area contributed by atoms with Gasteiger partial charge in [0.05, 0.1) is 25.1 Å². The van der Waals surface area contributed by atoms with Crippen LogP contribution in [0.5, 0.6) is 0 Å². The van der Waals surface area contributed by atoms with Crippen LogP contribution in [0.3, 0.4) is 0 Å². The number of benzene rings is 1. The zero-order valence-electron chi connectivity index (χ0n) is 13.4. The second kappa shape index (κ2) is 7.20. The van der Waals surface area contributed by atoms with Crippen molar-refractivity contribution >= 4 is 18.2 Å². The van der Waals surface area contributed by atoms with Gasteiger partial charge in [0.2, 0.25) is 0 Å². The highest BCUT2D eigenvalue weighted by Gasteiger charge is 2.45. The van der Waals surface area contributed by atoms with Crippen molar-refractivity contribution in [2.24, 2.45) is 4.99 Å². The molecule has 2 fully saturated rings. The molecule has 1 spiro atoms. The minimum absolute atomic E-state index is 0. The van der Waals surface area contributed by atoms with Crippen LogP contribution in [0.2, 0.25) is 0 Å². The molecule has 4 nitrogen and oxygen atoms in total. The number of halogens is 1. The molecule has 4 rings (SSSR count). The van der Waals surface area contributed by atoms with E-state index in [1.54, 1.807) is 0 Å². The SMILES string of the molecule is Cl.c1ccc(C2CC3(CCN2C2=NCCCC2)OCCO3)cc1. The van der Waals surface area contributed by atoms with Crippen molar-refractivity contribution in [2.45, 2.75) is 43.9 Å². The monoisotopic (exact) mass is 336 g/mol. The van der Waals surface area contributed by atoms with Gasteiger partial charge in [0.15, 0.2) is 5.79 Å². The molecule has 0 aromatic heterocycles. The molecule has 1 unspecified atom stereocenters. The molecule has 0 aliphatic carbocycles. The molecule has 0 bridgehead atoms. The van der Waals surface area contributed by atoms with E-state index in [4.69, 9.17) is 14.5 Å². The lowest BCUT2D eigenvalue weighted by molar-refractivity contribution is -0.191. The Hall–Kier alpha value is -1.10. The van der Waals surface area contributed by atoms with Gasteiger partial charge in [-0.1, -0.05) is 30.3 Å². The lowest BCUT2D eigenvalue weighted by atomic mass is 9.90. The molecule has 1 atom stereocenters. The summed E-state index contributed by atoms with van der Waals surface area (Å²) in [5.74, 6) is 0.916. The topological polar surface area (TPSA) is 34.1 Å². The van der Waals surface area contributed by atoms with Crippen LogP contribution in [0.4, 0.5) is 0 Å². The Kier molecular flexibility index (Phi) is 5.24. The first-order valence-electron chi connectivity index (χ1n) is 8.49. The second-order valence-corrected chi connectivity index (χ2v) is 6.44. The van der Waals surface area contributed by atoms with Gasteiger partial charge in [0.1, 0.15) is 0 Å². The second-order valence-electron chi connectivity index (χ2n) is 6.44. The highest BCUT2D eigenvalue weighted by Crippen LogP contribution is 2.42. The van der Waals surface area contributed by atoms with E-state index < -0.39 is 0 Å².